The van der Waals surface area contributed by atoms with E-state index in [1.165, 1.54) is 34.4 Å². The Balaban J connectivity index is 0.765. The monoisotopic (exact) mass is 895 g/mol. The van der Waals surface area contributed by atoms with Crippen LogP contribution < -0.4 is 15.5 Å². The minimum atomic E-state index is -2.99. The molecule has 18 heteroatoms. The molecular weight excluding hydrogens is 851 g/mol. The van der Waals surface area contributed by atoms with Crippen molar-refractivity contribution >= 4 is 45.8 Å². The van der Waals surface area contributed by atoms with Gasteiger partial charge in [0, 0.05) is 91.9 Å². The number of aromatic nitrogens is 3. The smallest absolute Gasteiger partial charge is 0.275 e. The predicted octanol–water partition coefficient (Wildman–Crippen LogP) is 6.12. The van der Waals surface area contributed by atoms with Gasteiger partial charge >= 0.3 is 0 Å². The zero-order valence-corrected chi connectivity index (χ0v) is 35.6. The summed E-state index contributed by atoms with van der Waals surface area (Å²) in [5, 5.41) is 7.19. The van der Waals surface area contributed by atoms with Crippen molar-refractivity contribution in [2.75, 3.05) is 49.5 Å². The maximum Gasteiger partial charge on any atom is 0.275 e. The molecule has 332 valence electrons. The van der Waals surface area contributed by atoms with E-state index in [-0.39, 0.29) is 54.9 Å². The molecule has 5 aliphatic heterocycles. The first kappa shape index (κ1) is 42.0. The summed E-state index contributed by atoms with van der Waals surface area (Å²) in [6.07, 6.45) is 5.48. The fourth-order valence-electron chi connectivity index (χ4n) is 10.1. The number of imide groups is 1. The van der Waals surface area contributed by atoms with Gasteiger partial charge in [-0.3, -0.25) is 39.6 Å². The first-order chi connectivity index (χ1) is 30.9. The van der Waals surface area contributed by atoms with Crippen LogP contribution in [0.4, 0.5) is 28.4 Å². The lowest BCUT2D eigenvalue weighted by Gasteiger charge is -2.46. The molecule has 0 aliphatic carbocycles. The SMILES string of the molecule is O=C1CCC(c2ccc(CN3CCC(N4CCN(c5ccc(-c6cc(F)c7c(c6)C(=O)N(C(C(=O)Nc6nccs6)c6ncn8c6CCC8)C7)cc5)CC4)C(F)(F)C3)cc2F)C(=O)N1. The number of carbonyl (C=O) groups excluding carboxylic acids is 4. The maximum atomic E-state index is 15.9. The number of thiazole rings is 1. The third kappa shape index (κ3) is 7.95. The number of nitrogens with zero attached hydrogens (tertiary/aromatic N) is 7. The Labute approximate surface area is 370 Å². The quantitative estimate of drug-likeness (QED) is 0.126. The zero-order valence-electron chi connectivity index (χ0n) is 34.7. The van der Waals surface area contributed by atoms with Gasteiger partial charge in [-0.1, -0.05) is 24.3 Å². The maximum absolute atomic E-state index is 15.9. The lowest BCUT2D eigenvalue weighted by Crippen LogP contribution is -2.61. The van der Waals surface area contributed by atoms with Crippen molar-refractivity contribution in [2.45, 2.75) is 75.7 Å². The van der Waals surface area contributed by atoms with Gasteiger partial charge in [-0.05, 0) is 72.7 Å². The van der Waals surface area contributed by atoms with Crippen LogP contribution in [0.1, 0.15) is 76.1 Å². The predicted molar refractivity (Wildman–Crippen MR) is 230 cm³/mol. The van der Waals surface area contributed by atoms with E-state index in [9.17, 15) is 19.2 Å². The number of fused-ring (bicyclic) bond motifs is 2. The molecule has 5 aromatic rings. The number of hydrogen-bond donors (Lipinski definition) is 2. The van der Waals surface area contributed by atoms with Crippen molar-refractivity contribution in [1.29, 1.82) is 0 Å². The molecule has 13 nitrogen and oxygen atoms in total. The van der Waals surface area contributed by atoms with Gasteiger partial charge < -0.3 is 14.4 Å². The summed E-state index contributed by atoms with van der Waals surface area (Å²) in [5.41, 5.74) is 4.61. The van der Waals surface area contributed by atoms with Crippen molar-refractivity contribution < 1.29 is 36.7 Å². The van der Waals surface area contributed by atoms with Crippen LogP contribution in [0.15, 0.2) is 72.5 Å². The summed E-state index contributed by atoms with van der Waals surface area (Å²) in [6.45, 7) is 2.72. The number of hydrogen-bond acceptors (Lipinski definition) is 10. The number of benzene rings is 3. The molecule has 0 bridgehead atoms. The Kier molecular flexibility index (Phi) is 11.1. The number of amides is 4. The fourth-order valence-corrected chi connectivity index (χ4v) is 10.6. The first-order valence-electron chi connectivity index (χ1n) is 21.6. The standard InChI is InChI=1S/C46H45F4N9O4S/c47-35-20-27(3-8-31(35)32-9-10-39(60)53-42(32)61)23-55-14-11-38(46(49,50)25-55)57-17-15-56(16-18-57)30-6-4-28(5-7-30)29-21-33-34(36(48)22-29)24-59(44(33)63)41(43(62)54-45-51-12-19-64-45)40-37-2-1-13-58(37)26-52-40/h3-8,12,19-22,26,32,38,41H,1-2,9-11,13-18,23-25H2,(H,51,54,62)(H,53,60,61). The van der Waals surface area contributed by atoms with E-state index in [4.69, 9.17) is 0 Å². The molecule has 2 N–H and O–H groups in total. The number of likely N-dealkylation sites (tertiary alicyclic amines) is 1. The average Bonchev–Trinajstić information content (AvgIpc) is 4.10. The number of alkyl halides is 2. The molecule has 10 rings (SSSR count). The molecule has 3 fully saturated rings. The van der Waals surface area contributed by atoms with Crippen LogP contribution in [0.5, 0.6) is 0 Å². The van der Waals surface area contributed by atoms with Crippen molar-refractivity contribution in [3.63, 3.8) is 0 Å². The van der Waals surface area contributed by atoms with Crippen LogP contribution in [-0.4, -0.2) is 104 Å². The van der Waals surface area contributed by atoms with Crippen LogP contribution in [-0.2, 0) is 40.4 Å². The number of halogens is 4. The number of rotatable bonds is 10. The van der Waals surface area contributed by atoms with Crippen LogP contribution in [0, 0.1) is 11.6 Å². The van der Waals surface area contributed by atoms with E-state index in [0.29, 0.717) is 66.7 Å². The Morgan fingerprint density at radius 1 is 0.906 bits per heavy atom. The number of nitrogens with one attached hydrogen (secondary N) is 2. The topological polar surface area (TPSA) is 136 Å². The Morgan fingerprint density at radius 3 is 2.45 bits per heavy atom. The van der Waals surface area contributed by atoms with E-state index < -0.39 is 59.8 Å². The van der Waals surface area contributed by atoms with Gasteiger partial charge in [0.1, 0.15) is 11.6 Å². The third-order valence-corrected chi connectivity index (χ3v) is 14.0. The summed E-state index contributed by atoms with van der Waals surface area (Å²) in [6, 6.07) is 13.1. The van der Waals surface area contributed by atoms with Crippen molar-refractivity contribution in [3.05, 3.63) is 118 Å². The number of piperazine rings is 1. The first-order valence-corrected chi connectivity index (χ1v) is 22.5. The van der Waals surface area contributed by atoms with Crippen molar-refractivity contribution in [1.82, 2.24) is 34.6 Å². The minimum Gasteiger partial charge on any atom is -0.369 e. The zero-order chi connectivity index (χ0) is 44.3. The number of piperidine rings is 2. The summed E-state index contributed by atoms with van der Waals surface area (Å²) in [5.74, 6) is -6.73. The number of imidazole rings is 1. The molecule has 3 atom stereocenters. The molecule has 3 unspecified atom stereocenters. The molecule has 5 aliphatic rings. The summed E-state index contributed by atoms with van der Waals surface area (Å²) >= 11 is 1.26. The normalized spacial score (nSPS) is 21.8. The summed E-state index contributed by atoms with van der Waals surface area (Å²) < 4.78 is 64.6. The molecule has 0 radical (unpaired) electrons. The molecule has 64 heavy (non-hydrogen) atoms. The van der Waals surface area contributed by atoms with Crippen LogP contribution in [0.2, 0.25) is 0 Å². The highest BCUT2D eigenvalue weighted by molar-refractivity contribution is 7.13. The van der Waals surface area contributed by atoms with Gasteiger partial charge in [0.15, 0.2) is 11.2 Å². The molecule has 3 saturated heterocycles. The Morgan fingerprint density at radius 2 is 1.72 bits per heavy atom. The molecular formula is C46H45F4N9O4S. The van der Waals surface area contributed by atoms with E-state index in [1.54, 1.807) is 34.9 Å². The Hall–Kier alpha value is -5.98. The van der Waals surface area contributed by atoms with Crippen LogP contribution in [0.25, 0.3) is 11.1 Å². The lowest BCUT2D eigenvalue weighted by molar-refractivity contribution is -0.134. The minimum absolute atomic E-state index is 0.0935. The van der Waals surface area contributed by atoms with E-state index in [1.807, 2.05) is 33.7 Å². The lowest BCUT2D eigenvalue weighted by atomic mass is 9.89. The second-order valence-electron chi connectivity index (χ2n) is 17.2. The third-order valence-electron chi connectivity index (χ3n) is 13.3. The van der Waals surface area contributed by atoms with E-state index >= 15 is 17.6 Å². The van der Waals surface area contributed by atoms with Gasteiger partial charge in [-0.2, -0.15) is 0 Å². The molecule has 3 aromatic carbocycles. The van der Waals surface area contributed by atoms with Crippen LogP contribution >= 0.6 is 11.3 Å². The molecule has 0 saturated carbocycles. The largest absolute Gasteiger partial charge is 0.369 e. The molecule has 4 amide bonds. The number of carbonyl (C=O) groups is 4. The van der Waals surface area contributed by atoms with Gasteiger partial charge in [-0.15, -0.1) is 11.3 Å². The highest BCUT2D eigenvalue weighted by atomic mass is 32.1. The Bertz CT molecular complexity index is 2630. The highest BCUT2D eigenvalue weighted by Gasteiger charge is 2.48. The molecule has 2 aromatic heterocycles. The second kappa shape index (κ2) is 16.9. The van der Waals surface area contributed by atoms with Crippen molar-refractivity contribution in [2.24, 2.45) is 0 Å². The molecule has 0 spiro atoms. The van der Waals surface area contributed by atoms with Gasteiger partial charge in [-0.25, -0.2) is 27.5 Å². The highest BCUT2D eigenvalue weighted by Crippen LogP contribution is 2.39. The van der Waals surface area contributed by atoms with E-state index in [0.717, 1.165) is 24.3 Å². The van der Waals surface area contributed by atoms with Gasteiger partial charge in [0.05, 0.1) is 37.1 Å². The second-order valence-corrected chi connectivity index (χ2v) is 18.1. The number of aryl methyl sites for hydroxylation is 1. The molecule has 7 heterocycles. The fraction of sp³-hybridized carbons (Fsp3) is 0.391. The summed E-state index contributed by atoms with van der Waals surface area (Å²) in [4.78, 5) is 67.5. The average molecular weight is 896 g/mol. The van der Waals surface area contributed by atoms with Crippen LogP contribution in [0.3, 0.4) is 0 Å². The summed E-state index contributed by atoms with van der Waals surface area (Å²) in [7, 11) is 0. The number of anilines is 2. The van der Waals surface area contributed by atoms with Gasteiger partial charge in [0.2, 0.25) is 11.8 Å². The van der Waals surface area contributed by atoms with E-state index in [2.05, 4.69) is 25.5 Å². The van der Waals surface area contributed by atoms with Gasteiger partial charge in [0.25, 0.3) is 17.7 Å². The van der Waals surface area contributed by atoms with Crippen molar-refractivity contribution in [3.8, 4) is 11.1 Å².